The molecule has 0 bridgehead atoms. The monoisotopic (exact) mass is 359 g/mol. The number of nitrogens with zero attached hydrogens (tertiary/aromatic N) is 1. The zero-order valence-electron chi connectivity index (χ0n) is 15.3. The molecule has 2 aromatic rings. The van der Waals surface area contributed by atoms with E-state index in [1.54, 1.807) is 13.8 Å². The molecule has 2 N–H and O–H groups in total. The molecule has 1 saturated heterocycles. The number of anilines is 1. The minimum atomic E-state index is -0.416. The average Bonchev–Trinajstić information content (AvgIpc) is 3.07. The summed E-state index contributed by atoms with van der Waals surface area (Å²) in [6.07, 6.45) is 0.985. The number of benzene rings is 1. The van der Waals surface area contributed by atoms with Crippen molar-refractivity contribution in [1.82, 2.24) is 9.55 Å². The number of hydrogen-bond acceptors (Lipinski definition) is 5. The molecule has 3 rings (SSSR count). The Hall–Kier alpha value is -2.54. The Kier molecular flexibility index (Phi) is 5.46. The summed E-state index contributed by atoms with van der Waals surface area (Å²) in [7, 11) is 0. The van der Waals surface area contributed by atoms with Crippen LogP contribution in [0.5, 0.6) is 5.75 Å². The Labute approximate surface area is 152 Å². The molecule has 0 aliphatic carbocycles. The second-order valence-electron chi connectivity index (χ2n) is 6.83. The molecule has 2 atom stereocenters. The summed E-state index contributed by atoms with van der Waals surface area (Å²) >= 11 is 0. The Balaban J connectivity index is 1.74. The molecule has 1 aromatic carbocycles. The van der Waals surface area contributed by atoms with E-state index in [1.165, 1.54) is 10.6 Å². The van der Waals surface area contributed by atoms with Crippen molar-refractivity contribution >= 4 is 5.82 Å². The standard InChI is InChI=1S/C19H25N3O4/c1-12(2)22-18(23)10-17(21-19(22)24)20-13(3)14-5-4-6-15(9-14)26-16-7-8-25-11-16/h4-6,9-10,12-13,16,20H,7-8,11H2,1-3H3,(H,21,24)/t13-,16?/m0/s1. The minimum Gasteiger partial charge on any atom is -0.488 e. The maximum absolute atomic E-state index is 12.1. The van der Waals surface area contributed by atoms with Gasteiger partial charge >= 0.3 is 5.69 Å². The van der Waals surface area contributed by atoms with Crippen LogP contribution in [0.25, 0.3) is 0 Å². The fraction of sp³-hybridized carbons (Fsp3) is 0.474. The topological polar surface area (TPSA) is 85.3 Å². The van der Waals surface area contributed by atoms with Gasteiger partial charge in [0.25, 0.3) is 5.56 Å². The van der Waals surface area contributed by atoms with E-state index in [2.05, 4.69) is 10.3 Å². The van der Waals surface area contributed by atoms with Crippen LogP contribution in [0.15, 0.2) is 39.9 Å². The largest absolute Gasteiger partial charge is 0.488 e. The van der Waals surface area contributed by atoms with Gasteiger partial charge in [-0.15, -0.1) is 0 Å². The third-order valence-corrected chi connectivity index (χ3v) is 4.40. The van der Waals surface area contributed by atoms with Crippen molar-refractivity contribution in [2.75, 3.05) is 18.5 Å². The molecule has 7 heteroatoms. The lowest BCUT2D eigenvalue weighted by Gasteiger charge is -2.18. The van der Waals surface area contributed by atoms with Gasteiger partial charge < -0.3 is 14.8 Å². The number of H-pyrrole nitrogens is 1. The van der Waals surface area contributed by atoms with Crippen LogP contribution in [0.1, 0.15) is 44.8 Å². The fourth-order valence-electron chi connectivity index (χ4n) is 3.04. The number of aromatic amines is 1. The highest BCUT2D eigenvalue weighted by Gasteiger charge is 2.18. The number of nitrogens with one attached hydrogen (secondary N) is 2. The summed E-state index contributed by atoms with van der Waals surface area (Å²) in [5.41, 5.74) is 0.257. The second-order valence-corrected chi connectivity index (χ2v) is 6.83. The van der Waals surface area contributed by atoms with Crippen molar-refractivity contribution in [2.45, 2.75) is 45.4 Å². The highest BCUT2D eigenvalue weighted by Crippen LogP contribution is 2.23. The molecule has 1 fully saturated rings. The molecule has 0 radical (unpaired) electrons. The normalized spacial score (nSPS) is 18.1. The van der Waals surface area contributed by atoms with E-state index in [-0.39, 0.29) is 23.7 Å². The number of aromatic nitrogens is 2. The van der Waals surface area contributed by atoms with Crippen LogP contribution in [0.2, 0.25) is 0 Å². The van der Waals surface area contributed by atoms with E-state index < -0.39 is 5.69 Å². The maximum Gasteiger partial charge on any atom is 0.330 e. The first kappa shape index (κ1) is 18.3. The first-order valence-electron chi connectivity index (χ1n) is 8.91. The average molecular weight is 359 g/mol. The number of rotatable bonds is 6. The predicted molar refractivity (Wildman–Crippen MR) is 100 cm³/mol. The van der Waals surface area contributed by atoms with Gasteiger partial charge in [0.2, 0.25) is 0 Å². The molecule has 1 aliphatic heterocycles. The SMILES string of the molecule is CC(C)n1c(=O)cc(N[C@@H](C)c2cccc(OC3CCOC3)c2)[nH]c1=O. The van der Waals surface area contributed by atoms with Crippen LogP contribution >= 0.6 is 0 Å². The maximum atomic E-state index is 12.1. The Morgan fingerprint density at radius 1 is 1.27 bits per heavy atom. The van der Waals surface area contributed by atoms with E-state index in [0.717, 1.165) is 24.3 Å². The van der Waals surface area contributed by atoms with Crippen molar-refractivity contribution in [3.63, 3.8) is 0 Å². The predicted octanol–water partition coefficient (Wildman–Crippen LogP) is 2.46. The Morgan fingerprint density at radius 2 is 2.08 bits per heavy atom. The van der Waals surface area contributed by atoms with Crippen LogP contribution < -0.4 is 21.3 Å². The summed E-state index contributed by atoms with van der Waals surface area (Å²) in [6.45, 7) is 6.91. The van der Waals surface area contributed by atoms with Crippen LogP contribution in [0, 0.1) is 0 Å². The van der Waals surface area contributed by atoms with E-state index >= 15 is 0 Å². The molecule has 1 aliphatic rings. The van der Waals surface area contributed by atoms with Crippen LogP contribution in [-0.4, -0.2) is 28.9 Å². The molecule has 0 spiro atoms. The first-order chi connectivity index (χ1) is 12.4. The van der Waals surface area contributed by atoms with Gasteiger partial charge in [0, 0.05) is 18.5 Å². The summed E-state index contributed by atoms with van der Waals surface area (Å²) in [5, 5.41) is 3.18. The lowest BCUT2D eigenvalue weighted by atomic mass is 10.1. The summed E-state index contributed by atoms with van der Waals surface area (Å²) in [5.74, 6) is 1.19. The molecule has 0 saturated carbocycles. The molecule has 140 valence electrons. The molecule has 0 amide bonds. The first-order valence-corrected chi connectivity index (χ1v) is 8.91. The molecule has 1 unspecified atom stereocenters. The lowest BCUT2D eigenvalue weighted by molar-refractivity contribution is 0.141. The van der Waals surface area contributed by atoms with Gasteiger partial charge in [-0.3, -0.25) is 14.3 Å². The fourth-order valence-corrected chi connectivity index (χ4v) is 3.04. The zero-order chi connectivity index (χ0) is 18.7. The van der Waals surface area contributed by atoms with Gasteiger partial charge in [-0.05, 0) is 38.5 Å². The van der Waals surface area contributed by atoms with Crippen LogP contribution in [-0.2, 0) is 4.74 Å². The number of hydrogen-bond donors (Lipinski definition) is 2. The van der Waals surface area contributed by atoms with Gasteiger partial charge in [-0.2, -0.15) is 0 Å². The van der Waals surface area contributed by atoms with Crippen molar-refractivity contribution in [3.8, 4) is 5.75 Å². The third-order valence-electron chi connectivity index (χ3n) is 4.40. The molecular weight excluding hydrogens is 334 g/mol. The van der Waals surface area contributed by atoms with Crippen molar-refractivity contribution < 1.29 is 9.47 Å². The Morgan fingerprint density at radius 3 is 2.73 bits per heavy atom. The van der Waals surface area contributed by atoms with E-state index in [4.69, 9.17) is 9.47 Å². The molecular formula is C19H25N3O4. The highest BCUT2D eigenvalue weighted by atomic mass is 16.5. The van der Waals surface area contributed by atoms with Crippen molar-refractivity contribution in [2.24, 2.45) is 0 Å². The van der Waals surface area contributed by atoms with E-state index in [1.807, 2.05) is 31.2 Å². The second kappa shape index (κ2) is 7.78. The van der Waals surface area contributed by atoms with Gasteiger partial charge in [-0.1, -0.05) is 12.1 Å². The smallest absolute Gasteiger partial charge is 0.330 e. The van der Waals surface area contributed by atoms with Crippen LogP contribution in [0.3, 0.4) is 0 Å². The third kappa shape index (κ3) is 4.16. The van der Waals surface area contributed by atoms with Gasteiger partial charge in [0.05, 0.1) is 19.3 Å². The van der Waals surface area contributed by atoms with Gasteiger partial charge in [-0.25, -0.2) is 4.79 Å². The Bertz CT molecular complexity index is 834. The zero-order valence-corrected chi connectivity index (χ0v) is 15.3. The van der Waals surface area contributed by atoms with Gasteiger partial charge in [0.1, 0.15) is 17.7 Å². The van der Waals surface area contributed by atoms with Crippen molar-refractivity contribution in [3.05, 3.63) is 56.7 Å². The summed E-state index contributed by atoms with van der Waals surface area (Å²) < 4.78 is 12.5. The molecule has 2 heterocycles. The molecule has 1 aromatic heterocycles. The van der Waals surface area contributed by atoms with Crippen molar-refractivity contribution in [1.29, 1.82) is 0 Å². The highest BCUT2D eigenvalue weighted by molar-refractivity contribution is 5.39. The molecule has 26 heavy (non-hydrogen) atoms. The summed E-state index contributed by atoms with van der Waals surface area (Å²) in [4.78, 5) is 27.0. The number of ether oxygens (including phenoxy) is 2. The van der Waals surface area contributed by atoms with E-state index in [0.29, 0.717) is 12.4 Å². The minimum absolute atomic E-state index is 0.0912. The molecule has 7 nitrogen and oxygen atoms in total. The quantitative estimate of drug-likeness (QED) is 0.827. The van der Waals surface area contributed by atoms with E-state index in [9.17, 15) is 9.59 Å². The summed E-state index contributed by atoms with van der Waals surface area (Å²) in [6, 6.07) is 8.90. The lowest BCUT2D eigenvalue weighted by Crippen LogP contribution is -2.36. The van der Waals surface area contributed by atoms with Gasteiger partial charge in [0.15, 0.2) is 0 Å². The van der Waals surface area contributed by atoms with Crippen LogP contribution in [0.4, 0.5) is 5.82 Å².